The Morgan fingerprint density at radius 3 is 2.05 bits per heavy atom. The Labute approximate surface area is 251 Å². The highest BCUT2D eigenvalue weighted by molar-refractivity contribution is 5.91. The summed E-state index contributed by atoms with van der Waals surface area (Å²) in [5, 5.41) is 23.8. The van der Waals surface area contributed by atoms with Crippen LogP contribution in [-0.4, -0.2) is 72.3 Å². The third kappa shape index (κ3) is 10.7. The quantitative estimate of drug-likeness (QED) is 0.132. The van der Waals surface area contributed by atoms with Gasteiger partial charge < -0.3 is 36.6 Å². The molecule has 0 bridgehead atoms. The van der Waals surface area contributed by atoms with Gasteiger partial charge in [0.15, 0.2) is 0 Å². The van der Waals surface area contributed by atoms with Crippen molar-refractivity contribution in [1.82, 2.24) is 16.0 Å². The average molecular weight is 599 g/mol. The Hall–Kier alpha value is -4.45. The largest absolute Gasteiger partial charge is 0.483 e. The molecule has 1 aliphatic carbocycles. The van der Waals surface area contributed by atoms with E-state index in [0.29, 0.717) is 25.8 Å². The molecular formula is C31H42N4O8. The molecule has 0 radical (unpaired) electrons. The van der Waals surface area contributed by atoms with Gasteiger partial charge in [-0.15, -0.1) is 0 Å². The normalized spacial score (nSPS) is 12.9. The summed E-state index contributed by atoms with van der Waals surface area (Å²) in [7, 11) is 0. The Bertz CT molecular complexity index is 1190. The van der Waals surface area contributed by atoms with Crippen LogP contribution in [0.25, 0.3) is 11.1 Å². The molecule has 12 heteroatoms. The lowest BCUT2D eigenvalue weighted by molar-refractivity contribution is -0.137. The van der Waals surface area contributed by atoms with E-state index in [0.717, 1.165) is 22.3 Å². The fourth-order valence-corrected chi connectivity index (χ4v) is 4.90. The van der Waals surface area contributed by atoms with Crippen molar-refractivity contribution in [2.75, 3.05) is 19.7 Å². The van der Waals surface area contributed by atoms with Gasteiger partial charge in [0.1, 0.15) is 18.7 Å². The first-order valence-corrected chi connectivity index (χ1v) is 14.3. The molecule has 12 nitrogen and oxygen atoms in total. The molecule has 43 heavy (non-hydrogen) atoms. The van der Waals surface area contributed by atoms with Crippen LogP contribution in [0, 0.1) is 5.92 Å². The molecule has 0 heterocycles. The lowest BCUT2D eigenvalue weighted by atomic mass is 9.98. The summed E-state index contributed by atoms with van der Waals surface area (Å²) in [6.45, 7) is 4.10. The molecule has 0 spiro atoms. The molecule has 2 atom stereocenters. The number of hydrogen-bond acceptors (Lipinski definition) is 7. The van der Waals surface area contributed by atoms with Gasteiger partial charge in [0.2, 0.25) is 11.8 Å². The second-order valence-electron chi connectivity index (χ2n) is 10.4. The number of rotatable bonds is 15. The molecule has 0 saturated carbocycles. The monoisotopic (exact) mass is 598 g/mol. The maximum atomic E-state index is 13.2. The fraction of sp³-hybridized carbons (Fsp3) is 0.452. The number of unbranched alkanes of at least 4 members (excludes halogenated alkanes) is 1. The first-order chi connectivity index (χ1) is 20.6. The Morgan fingerprint density at radius 1 is 0.930 bits per heavy atom. The van der Waals surface area contributed by atoms with Crippen LogP contribution in [0.5, 0.6) is 0 Å². The van der Waals surface area contributed by atoms with Crippen LogP contribution in [0.3, 0.4) is 0 Å². The topological polar surface area (TPSA) is 197 Å². The number of carbonyl (C=O) groups excluding carboxylic acids is 3. The number of carbonyl (C=O) groups is 5. The number of alkyl carbamates (subject to hydrolysis) is 1. The van der Waals surface area contributed by atoms with E-state index in [-0.39, 0.29) is 44.3 Å². The van der Waals surface area contributed by atoms with Gasteiger partial charge in [0.25, 0.3) is 6.47 Å². The molecule has 234 valence electrons. The van der Waals surface area contributed by atoms with E-state index in [9.17, 15) is 19.2 Å². The van der Waals surface area contributed by atoms with Gasteiger partial charge in [0.05, 0.1) is 0 Å². The van der Waals surface area contributed by atoms with Crippen molar-refractivity contribution in [3.63, 3.8) is 0 Å². The van der Waals surface area contributed by atoms with Gasteiger partial charge in [-0.25, -0.2) is 4.79 Å². The number of carboxylic acid groups (broad SMARTS) is 2. The lowest BCUT2D eigenvalue weighted by Crippen LogP contribution is -2.55. The molecule has 7 N–H and O–H groups in total. The Balaban J connectivity index is 0.00000206. The van der Waals surface area contributed by atoms with Crippen molar-refractivity contribution in [2.24, 2.45) is 11.7 Å². The van der Waals surface area contributed by atoms with E-state index in [2.05, 4.69) is 28.1 Å². The predicted octanol–water partition coefficient (Wildman–Crippen LogP) is 2.85. The highest BCUT2D eigenvalue weighted by atomic mass is 16.5. The van der Waals surface area contributed by atoms with E-state index in [1.54, 1.807) is 13.8 Å². The fourth-order valence-electron chi connectivity index (χ4n) is 4.90. The van der Waals surface area contributed by atoms with Crippen molar-refractivity contribution in [2.45, 2.75) is 64.0 Å². The summed E-state index contributed by atoms with van der Waals surface area (Å²) in [5.74, 6) is -2.23. The molecule has 0 fully saturated rings. The first-order valence-electron chi connectivity index (χ1n) is 14.3. The predicted molar refractivity (Wildman–Crippen MR) is 160 cm³/mol. The van der Waals surface area contributed by atoms with Crippen LogP contribution in [0.15, 0.2) is 48.5 Å². The van der Waals surface area contributed by atoms with Gasteiger partial charge in [0, 0.05) is 18.9 Å². The number of benzene rings is 2. The number of fused-ring (bicyclic) bond motifs is 3. The van der Waals surface area contributed by atoms with E-state index in [1.165, 1.54) is 0 Å². The average Bonchev–Trinajstić information content (AvgIpc) is 3.30. The zero-order valence-electron chi connectivity index (χ0n) is 24.6. The van der Waals surface area contributed by atoms with Crippen molar-refractivity contribution in [3.8, 4) is 11.1 Å². The van der Waals surface area contributed by atoms with E-state index in [4.69, 9.17) is 25.5 Å². The standard InChI is InChI=1S/C30H40N4O6.CH2O2/c1-19(2)27(29(38)33-25(14-7-8-16-31)28(37)32-17-9-15-26(35)36)34-30(39)40-18-24-22-12-5-3-10-20(22)21-11-4-6-13-23(21)24;2-1-3/h3-6,10-13,19,24-25,27H,7-9,14-18,31H2,1-2H3,(H,32,37)(H,33,38)(H,34,39)(H,35,36);1H,(H,2,3). The Morgan fingerprint density at radius 2 is 1.51 bits per heavy atom. The minimum absolute atomic E-state index is 0.0655. The number of ether oxygens (including phenoxy) is 1. The van der Waals surface area contributed by atoms with Crippen molar-refractivity contribution in [3.05, 3.63) is 59.7 Å². The summed E-state index contributed by atoms with van der Waals surface area (Å²) >= 11 is 0. The van der Waals surface area contributed by atoms with Crippen molar-refractivity contribution < 1.29 is 38.9 Å². The van der Waals surface area contributed by atoms with E-state index in [1.807, 2.05) is 36.4 Å². The van der Waals surface area contributed by atoms with Crippen molar-refractivity contribution in [1.29, 1.82) is 0 Å². The molecule has 2 unspecified atom stereocenters. The molecule has 0 aliphatic heterocycles. The maximum Gasteiger partial charge on any atom is 0.407 e. The second kappa shape index (κ2) is 18.2. The van der Waals surface area contributed by atoms with Gasteiger partial charge in [-0.2, -0.15) is 0 Å². The summed E-state index contributed by atoms with van der Waals surface area (Å²) in [5.41, 5.74) is 10.00. The highest BCUT2D eigenvalue weighted by Gasteiger charge is 2.31. The summed E-state index contributed by atoms with van der Waals surface area (Å²) < 4.78 is 5.62. The Kier molecular flexibility index (Phi) is 14.7. The summed E-state index contributed by atoms with van der Waals surface area (Å²) in [4.78, 5) is 57.9. The van der Waals surface area contributed by atoms with Crippen LogP contribution in [0.1, 0.15) is 63.0 Å². The van der Waals surface area contributed by atoms with Gasteiger partial charge in [-0.3, -0.25) is 19.2 Å². The number of carboxylic acids is 1. The van der Waals surface area contributed by atoms with Crippen molar-refractivity contribution >= 4 is 30.3 Å². The van der Waals surface area contributed by atoms with Gasteiger partial charge in [-0.1, -0.05) is 62.4 Å². The van der Waals surface area contributed by atoms with Crippen LogP contribution in [0.4, 0.5) is 4.79 Å². The first kappa shape index (κ1) is 34.7. The smallest absolute Gasteiger partial charge is 0.407 e. The minimum Gasteiger partial charge on any atom is -0.483 e. The SMILES string of the molecule is CC(C)C(NC(=O)OCC1c2ccccc2-c2ccccc21)C(=O)NC(CCCCN)C(=O)NCCCC(=O)O.O=CO. The molecule has 3 rings (SSSR count). The molecule has 2 aromatic rings. The molecular weight excluding hydrogens is 556 g/mol. The zero-order valence-corrected chi connectivity index (χ0v) is 24.6. The zero-order chi connectivity index (χ0) is 31.8. The molecule has 3 amide bonds. The minimum atomic E-state index is -0.943. The molecule has 2 aromatic carbocycles. The second-order valence-corrected chi connectivity index (χ2v) is 10.4. The number of nitrogens with one attached hydrogen (secondary N) is 3. The van der Waals surface area contributed by atoms with E-state index < -0.39 is 36.0 Å². The lowest BCUT2D eigenvalue weighted by Gasteiger charge is -2.25. The third-order valence-corrected chi connectivity index (χ3v) is 7.01. The van der Waals surface area contributed by atoms with Crippen LogP contribution in [0.2, 0.25) is 0 Å². The third-order valence-electron chi connectivity index (χ3n) is 7.01. The number of nitrogens with two attached hydrogens (primary N) is 1. The van der Waals surface area contributed by atoms with Gasteiger partial charge >= 0.3 is 12.1 Å². The maximum absolute atomic E-state index is 13.2. The highest BCUT2D eigenvalue weighted by Crippen LogP contribution is 2.44. The summed E-state index contributed by atoms with van der Waals surface area (Å²) in [6.07, 6.45) is 1.17. The van der Waals surface area contributed by atoms with Crippen LogP contribution in [-0.2, 0) is 23.9 Å². The van der Waals surface area contributed by atoms with Crippen LogP contribution >= 0.6 is 0 Å². The number of amides is 3. The number of aliphatic carboxylic acids is 1. The molecule has 1 aliphatic rings. The van der Waals surface area contributed by atoms with Crippen LogP contribution < -0.4 is 21.7 Å². The van der Waals surface area contributed by atoms with Gasteiger partial charge in [-0.05, 0) is 60.4 Å². The number of hydrogen-bond donors (Lipinski definition) is 6. The van der Waals surface area contributed by atoms with E-state index >= 15 is 0 Å². The molecule has 0 aromatic heterocycles. The molecule has 0 saturated heterocycles. The summed E-state index contributed by atoms with van der Waals surface area (Å²) in [6, 6.07) is 14.3.